The smallest absolute Gasteiger partial charge is 0.212 e. The molecule has 0 bridgehead atoms. The second-order valence-electron chi connectivity index (χ2n) is 5.14. The van der Waals surface area contributed by atoms with Crippen molar-refractivity contribution < 1.29 is 12.8 Å². The normalized spacial score (nSPS) is 17.1. The molecule has 1 saturated carbocycles. The quantitative estimate of drug-likeness (QED) is 0.770. The molecule has 0 heterocycles. The van der Waals surface area contributed by atoms with E-state index in [0.29, 0.717) is 19.0 Å². The molecule has 112 valence electrons. The Morgan fingerprint density at radius 3 is 2.50 bits per heavy atom. The van der Waals surface area contributed by atoms with Gasteiger partial charge in [0.2, 0.25) is 10.0 Å². The summed E-state index contributed by atoms with van der Waals surface area (Å²) in [7, 11) is -3.19. The van der Waals surface area contributed by atoms with Crippen molar-refractivity contribution >= 4 is 10.0 Å². The summed E-state index contributed by atoms with van der Waals surface area (Å²) < 4.78 is 38.6. The number of rotatable bonds is 8. The van der Waals surface area contributed by atoms with Gasteiger partial charge in [-0.15, -0.1) is 0 Å². The van der Waals surface area contributed by atoms with E-state index in [1.165, 1.54) is 12.1 Å². The van der Waals surface area contributed by atoms with Gasteiger partial charge in [0.15, 0.2) is 0 Å². The van der Waals surface area contributed by atoms with Crippen LogP contribution < -0.4 is 10.0 Å². The third-order valence-corrected chi connectivity index (χ3v) is 4.89. The second kappa shape index (κ2) is 6.65. The van der Waals surface area contributed by atoms with Crippen LogP contribution in [0.15, 0.2) is 24.3 Å². The topological polar surface area (TPSA) is 58.2 Å². The highest BCUT2D eigenvalue weighted by Gasteiger charge is 2.32. The number of sulfonamides is 1. The van der Waals surface area contributed by atoms with Crippen molar-refractivity contribution in [1.82, 2.24) is 10.0 Å². The molecule has 1 atom stereocenters. The molecular formula is C14H21FN2O2S. The Kier molecular flexibility index (Phi) is 5.12. The zero-order valence-electron chi connectivity index (χ0n) is 11.6. The van der Waals surface area contributed by atoms with Crippen molar-refractivity contribution in [3.63, 3.8) is 0 Å². The molecule has 1 aliphatic carbocycles. The highest BCUT2D eigenvalue weighted by atomic mass is 32.2. The summed E-state index contributed by atoms with van der Waals surface area (Å²) in [5.74, 6) is 0.339. The van der Waals surface area contributed by atoms with E-state index in [0.717, 1.165) is 18.4 Å². The fraction of sp³-hybridized carbons (Fsp3) is 0.571. The van der Waals surface area contributed by atoms with Crippen molar-refractivity contribution in [3.8, 4) is 0 Å². The summed E-state index contributed by atoms with van der Waals surface area (Å²) in [5.41, 5.74) is 1.02. The van der Waals surface area contributed by atoms with Gasteiger partial charge in [0.25, 0.3) is 0 Å². The van der Waals surface area contributed by atoms with E-state index in [9.17, 15) is 12.8 Å². The Morgan fingerprint density at radius 1 is 1.30 bits per heavy atom. The van der Waals surface area contributed by atoms with E-state index in [4.69, 9.17) is 0 Å². The first-order valence-corrected chi connectivity index (χ1v) is 8.63. The fourth-order valence-electron chi connectivity index (χ4n) is 2.30. The lowest BCUT2D eigenvalue weighted by atomic mass is 10.0. The van der Waals surface area contributed by atoms with Crippen LogP contribution in [0.4, 0.5) is 4.39 Å². The van der Waals surface area contributed by atoms with Crippen molar-refractivity contribution in [2.24, 2.45) is 5.92 Å². The third-order valence-electron chi connectivity index (χ3n) is 3.42. The summed E-state index contributed by atoms with van der Waals surface area (Å²) >= 11 is 0. The Balaban J connectivity index is 1.92. The summed E-state index contributed by atoms with van der Waals surface area (Å²) in [4.78, 5) is 0. The van der Waals surface area contributed by atoms with Gasteiger partial charge in [0.05, 0.1) is 5.75 Å². The molecule has 1 fully saturated rings. The minimum atomic E-state index is -3.19. The summed E-state index contributed by atoms with van der Waals surface area (Å²) in [5, 5.41) is 3.29. The van der Waals surface area contributed by atoms with Crippen LogP contribution in [0.2, 0.25) is 0 Å². The van der Waals surface area contributed by atoms with E-state index in [1.54, 1.807) is 19.1 Å². The summed E-state index contributed by atoms with van der Waals surface area (Å²) in [6.45, 7) is 2.57. The first-order valence-electron chi connectivity index (χ1n) is 6.98. The molecule has 0 spiro atoms. The monoisotopic (exact) mass is 300 g/mol. The van der Waals surface area contributed by atoms with Gasteiger partial charge in [-0.1, -0.05) is 19.1 Å². The van der Waals surface area contributed by atoms with Crippen molar-refractivity contribution in [2.75, 3.05) is 18.8 Å². The van der Waals surface area contributed by atoms with Crippen LogP contribution >= 0.6 is 0 Å². The van der Waals surface area contributed by atoms with Crippen LogP contribution in [0.1, 0.15) is 31.4 Å². The van der Waals surface area contributed by atoms with Gasteiger partial charge in [-0.2, -0.15) is 0 Å². The van der Waals surface area contributed by atoms with Crippen LogP contribution in [0.5, 0.6) is 0 Å². The molecule has 6 heteroatoms. The van der Waals surface area contributed by atoms with Gasteiger partial charge in [0.1, 0.15) is 5.82 Å². The lowest BCUT2D eigenvalue weighted by Crippen LogP contribution is -2.34. The van der Waals surface area contributed by atoms with Crippen molar-refractivity contribution in [3.05, 3.63) is 35.6 Å². The number of hydrogen-bond donors (Lipinski definition) is 2. The number of benzene rings is 1. The maximum atomic E-state index is 13.0. The Morgan fingerprint density at radius 2 is 1.95 bits per heavy atom. The summed E-state index contributed by atoms with van der Waals surface area (Å²) in [6.07, 6.45) is 2.27. The maximum absolute atomic E-state index is 13.0. The lowest BCUT2D eigenvalue weighted by Gasteiger charge is -2.19. The molecule has 4 nitrogen and oxygen atoms in total. The third kappa shape index (κ3) is 4.54. The molecule has 0 amide bonds. The molecule has 0 aromatic heterocycles. The lowest BCUT2D eigenvalue weighted by molar-refractivity contribution is 0.491. The summed E-state index contributed by atoms with van der Waals surface area (Å²) in [6, 6.07) is 6.55. The predicted octanol–water partition coefficient (Wildman–Crippen LogP) is 1.81. The second-order valence-corrected chi connectivity index (χ2v) is 7.06. The van der Waals surface area contributed by atoms with Gasteiger partial charge < -0.3 is 5.32 Å². The highest BCUT2D eigenvalue weighted by molar-refractivity contribution is 7.89. The molecule has 20 heavy (non-hydrogen) atoms. The Labute approximate surface area is 119 Å². The van der Waals surface area contributed by atoms with Gasteiger partial charge in [0, 0.05) is 19.1 Å². The molecule has 0 saturated heterocycles. The molecule has 2 rings (SSSR count). The van der Waals surface area contributed by atoms with Crippen molar-refractivity contribution in [1.29, 1.82) is 0 Å². The predicted molar refractivity (Wildman–Crippen MR) is 77.3 cm³/mol. The highest BCUT2D eigenvalue weighted by Crippen LogP contribution is 2.40. The van der Waals surface area contributed by atoms with Gasteiger partial charge in [-0.25, -0.2) is 17.5 Å². The molecule has 0 radical (unpaired) electrons. The van der Waals surface area contributed by atoms with E-state index < -0.39 is 10.0 Å². The largest absolute Gasteiger partial charge is 0.309 e. The SMILES string of the molecule is CCNS(=O)(=O)CCNC(c1ccc(F)cc1)C1CC1. The zero-order chi connectivity index (χ0) is 14.6. The van der Waals surface area contributed by atoms with Crippen LogP contribution in [0.25, 0.3) is 0 Å². The number of nitrogens with one attached hydrogen (secondary N) is 2. The van der Waals surface area contributed by atoms with E-state index >= 15 is 0 Å². The zero-order valence-corrected chi connectivity index (χ0v) is 12.4. The first-order chi connectivity index (χ1) is 9.52. The fourth-order valence-corrected chi connectivity index (χ4v) is 3.27. The molecule has 1 aromatic rings. The minimum Gasteiger partial charge on any atom is -0.309 e. The number of hydrogen-bond acceptors (Lipinski definition) is 3. The average Bonchev–Trinajstić information content (AvgIpc) is 3.20. The first kappa shape index (κ1) is 15.4. The molecule has 1 aliphatic rings. The standard InChI is InChI=1S/C14H21FN2O2S/c1-2-17-20(18,19)10-9-16-14(11-3-4-11)12-5-7-13(15)8-6-12/h5-8,11,14,16-17H,2-4,9-10H2,1H3. The molecule has 1 aromatic carbocycles. The van der Waals surface area contributed by atoms with Crippen LogP contribution in [-0.2, 0) is 10.0 Å². The average molecular weight is 300 g/mol. The minimum absolute atomic E-state index is 0.0608. The Hall–Kier alpha value is -0.980. The van der Waals surface area contributed by atoms with Crippen LogP contribution in [0, 0.1) is 11.7 Å². The molecular weight excluding hydrogens is 279 g/mol. The van der Waals surface area contributed by atoms with Crippen LogP contribution in [-0.4, -0.2) is 27.3 Å². The van der Waals surface area contributed by atoms with E-state index in [-0.39, 0.29) is 17.6 Å². The van der Waals surface area contributed by atoms with Gasteiger partial charge >= 0.3 is 0 Å². The maximum Gasteiger partial charge on any atom is 0.212 e. The molecule has 0 aliphatic heterocycles. The van der Waals surface area contributed by atoms with Gasteiger partial charge in [-0.05, 0) is 36.5 Å². The van der Waals surface area contributed by atoms with E-state index in [1.807, 2.05) is 0 Å². The Bertz CT molecular complexity index is 527. The molecule has 1 unspecified atom stereocenters. The number of halogens is 1. The van der Waals surface area contributed by atoms with Crippen molar-refractivity contribution in [2.45, 2.75) is 25.8 Å². The van der Waals surface area contributed by atoms with Crippen LogP contribution in [0.3, 0.4) is 0 Å². The van der Waals surface area contributed by atoms with Gasteiger partial charge in [-0.3, -0.25) is 0 Å². The van der Waals surface area contributed by atoms with E-state index in [2.05, 4.69) is 10.0 Å². The molecule has 2 N–H and O–H groups in total.